The molecular formula is C28H34N4O4. The van der Waals surface area contributed by atoms with E-state index in [-0.39, 0.29) is 23.0 Å². The van der Waals surface area contributed by atoms with Crippen molar-refractivity contribution in [3.05, 3.63) is 64.6 Å². The number of carbonyl (C=O) groups excluding carboxylic acids is 3. The summed E-state index contributed by atoms with van der Waals surface area (Å²) in [7, 11) is 0. The maximum Gasteiger partial charge on any atom is 0.221 e. The molecule has 0 spiro atoms. The summed E-state index contributed by atoms with van der Waals surface area (Å²) in [4.78, 5) is 39.3. The summed E-state index contributed by atoms with van der Waals surface area (Å²) in [6.45, 7) is 14.0. The number of ketones is 1. The van der Waals surface area contributed by atoms with E-state index in [1.54, 1.807) is 24.3 Å². The summed E-state index contributed by atoms with van der Waals surface area (Å²) in [6, 6.07) is 5.34. The van der Waals surface area contributed by atoms with Crippen LogP contribution in [0.4, 0.5) is 11.4 Å². The molecule has 3 rings (SSSR count). The molecule has 8 heteroatoms. The minimum absolute atomic E-state index is 0.0291. The minimum atomic E-state index is -0.413. The van der Waals surface area contributed by atoms with Crippen LogP contribution in [0.2, 0.25) is 0 Å². The van der Waals surface area contributed by atoms with Gasteiger partial charge in [0.25, 0.3) is 0 Å². The maximum atomic E-state index is 13.4. The molecule has 8 nitrogen and oxygen atoms in total. The van der Waals surface area contributed by atoms with Gasteiger partial charge in [-0.15, -0.1) is 0 Å². The third-order valence-electron chi connectivity index (χ3n) is 6.33. The van der Waals surface area contributed by atoms with E-state index in [1.165, 1.54) is 13.8 Å². The van der Waals surface area contributed by atoms with Crippen LogP contribution in [0.1, 0.15) is 47.1 Å². The predicted octanol–water partition coefficient (Wildman–Crippen LogP) is 2.53. The SMILES string of the molecule is CCN(CC)c1ccc(C2=C([O-])/C(=C3\C=CC(=[N+](CC)CC)C=C3NC(C)=O)C2=O)c(NC(C)=O)c1. The van der Waals surface area contributed by atoms with Crippen LogP contribution in [0.15, 0.2) is 59.0 Å². The Hall–Kier alpha value is -3.94. The first-order valence-corrected chi connectivity index (χ1v) is 12.3. The summed E-state index contributed by atoms with van der Waals surface area (Å²) in [5.41, 5.74) is 3.44. The zero-order valence-electron chi connectivity index (χ0n) is 21.8. The molecule has 0 radical (unpaired) electrons. The van der Waals surface area contributed by atoms with E-state index in [0.717, 1.165) is 37.6 Å². The molecule has 0 atom stereocenters. The van der Waals surface area contributed by atoms with E-state index in [0.29, 0.717) is 22.5 Å². The lowest BCUT2D eigenvalue weighted by Crippen LogP contribution is -2.34. The van der Waals surface area contributed by atoms with Crippen LogP contribution in [0.3, 0.4) is 0 Å². The van der Waals surface area contributed by atoms with Crippen LogP contribution in [0.5, 0.6) is 0 Å². The molecule has 36 heavy (non-hydrogen) atoms. The van der Waals surface area contributed by atoms with Crippen molar-refractivity contribution in [1.29, 1.82) is 0 Å². The van der Waals surface area contributed by atoms with E-state index in [4.69, 9.17) is 0 Å². The van der Waals surface area contributed by atoms with E-state index in [9.17, 15) is 19.5 Å². The van der Waals surface area contributed by atoms with Gasteiger partial charge in [0.05, 0.1) is 11.4 Å². The number of amides is 2. The Kier molecular flexibility index (Phi) is 8.29. The zero-order chi connectivity index (χ0) is 26.6. The number of Topliss-reactive ketones (excluding diaryl/α,β-unsaturated/α-hetero) is 1. The van der Waals surface area contributed by atoms with Crippen LogP contribution >= 0.6 is 0 Å². The van der Waals surface area contributed by atoms with Gasteiger partial charge < -0.3 is 20.6 Å². The van der Waals surface area contributed by atoms with Crippen molar-refractivity contribution in [2.75, 3.05) is 36.4 Å². The lowest BCUT2D eigenvalue weighted by atomic mass is 9.78. The number of benzene rings is 1. The average Bonchev–Trinajstić information content (AvgIpc) is 2.83. The van der Waals surface area contributed by atoms with Crippen LogP contribution in [-0.4, -0.2) is 54.1 Å². The molecule has 2 aliphatic carbocycles. The van der Waals surface area contributed by atoms with Gasteiger partial charge in [0, 0.05) is 67.1 Å². The molecule has 0 saturated carbocycles. The summed E-state index contributed by atoms with van der Waals surface area (Å²) in [6.07, 6.45) is 5.34. The monoisotopic (exact) mass is 490 g/mol. The fraction of sp³-hybridized carbons (Fsp3) is 0.357. The summed E-state index contributed by atoms with van der Waals surface area (Å²) < 4.78 is 2.11. The van der Waals surface area contributed by atoms with Gasteiger partial charge in [-0.25, -0.2) is 4.58 Å². The van der Waals surface area contributed by atoms with Crippen molar-refractivity contribution in [2.45, 2.75) is 41.5 Å². The number of nitrogens with zero attached hydrogens (tertiary/aromatic N) is 2. The lowest BCUT2D eigenvalue weighted by Gasteiger charge is -2.34. The van der Waals surface area contributed by atoms with E-state index in [1.807, 2.05) is 39.8 Å². The molecular weight excluding hydrogens is 456 g/mol. The normalized spacial score (nSPS) is 17.0. The highest BCUT2D eigenvalue weighted by molar-refractivity contribution is 6.40. The first kappa shape index (κ1) is 26.7. The van der Waals surface area contributed by atoms with Crippen LogP contribution in [0, 0.1) is 0 Å². The van der Waals surface area contributed by atoms with Crippen molar-refractivity contribution >= 4 is 40.3 Å². The van der Waals surface area contributed by atoms with Crippen molar-refractivity contribution in [3.63, 3.8) is 0 Å². The van der Waals surface area contributed by atoms with E-state index in [2.05, 4.69) is 20.1 Å². The smallest absolute Gasteiger partial charge is 0.221 e. The molecule has 2 amide bonds. The zero-order valence-corrected chi connectivity index (χ0v) is 21.8. The molecule has 0 saturated heterocycles. The summed E-state index contributed by atoms with van der Waals surface area (Å²) in [5.74, 6) is -1.41. The number of hydrogen-bond acceptors (Lipinski definition) is 5. The van der Waals surface area contributed by atoms with Crippen LogP contribution in [0.25, 0.3) is 5.57 Å². The summed E-state index contributed by atoms with van der Waals surface area (Å²) in [5, 5.41) is 18.9. The third kappa shape index (κ3) is 5.17. The Balaban J connectivity index is 2.14. The molecule has 1 aromatic rings. The fourth-order valence-corrected chi connectivity index (χ4v) is 4.54. The average molecular weight is 491 g/mol. The Morgan fingerprint density at radius 2 is 1.58 bits per heavy atom. The first-order chi connectivity index (χ1) is 17.2. The number of nitrogens with one attached hydrogen (secondary N) is 2. The molecule has 2 N–H and O–H groups in total. The quantitative estimate of drug-likeness (QED) is 0.431. The Bertz CT molecular complexity index is 1250. The second kappa shape index (κ2) is 11.2. The number of carbonyl (C=O) groups is 3. The molecule has 0 heterocycles. The summed E-state index contributed by atoms with van der Waals surface area (Å²) >= 11 is 0. The highest BCUT2D eigenvalue weighted by Crippen LogP contribution is 2.42. The van der Waals surface area contributed by atoms with Gasteiger partial charge in [-0.1, -0.05) is 11.8 Å². The largest absolute Gasteiger partial charge is 0.871 e. The second-order valence-corrected chi connectivity index (χ2v) is 8.57. The van der Waals surface area contributed by atoms with Crippen molar-refractivity contribution in [3.8, 4) is 0 Å². The highest BCUT2D eigenvalue weighted by Gasteiger charge is 2.34. The van der Waals surface area contributed by atoms with Crippen molar-refractivity contribution in [2.24, 2.45) is 0 Å². The molecule has 1 aromatic carbocycles. The van der Waals surface area contributed by atoms with Crippen molar-refractivity contribution < 1.29 is 24.1 Å². The Morgan fingerprint density at radius 3 is 2.11 bits per heavy atom. The molecule has 0 aliphatic heterocycles. The third-order valence-corrected chi connectivity index (χ3v) is 6.33. The predicted molar refractivity (Wildman–Crippen MR) is 141 cm³/mol. The van der Waals surface area contributed by atoms with Gasteiger partial charge in [0.1, 0.15) is 13.1 Å². The molecule has 190 valence electrons. The highest BCUT2D eigenvalue weighted by atomic mass is 16.3. The topological polar surface area (TPSA) is 105 Å². The lowest BCUT2D eigenvalue weighted by molar-refractivity contribution is -0.519. The Labute approximate surface area is 212 Å². The Morgan fingerprint density at radius 1 is 0.944 bits per heavy atom. The van der Waals surface area contributed by atoms with Gasteiger partial charge in [-0.05, 0) is 45.9 Å². The van der Waals surface area contributed by atoms with Gasteiger partial charge in [0.15, 0.2) is 5.78 Å². The van der Waals surface area contributed by atoms with Gasteiger partial charge in [-0.3, -0.25) is 14.4 Å². The molecule has 2 aliphatic rings. The van der Waals surface area contributed by atoms with Gasteiger partial charge in [-0.2, -0.15) is 0 Å². The fourth-order valence-electron chi connectivity index (χ4n) is 4.54. The molecule has 0 bridgehead atoms. The number of rotatable bonds is 8. The number of anilines is 2. The van der Waals surface area contributed by atoms with Crippen molar-refractivity contribution in [1.82, 2.24) is 5.32 Å². The van der Waals surface area contributed by atoms with E-state index < -0.39 is 11.5 Å². The van der Waals surface area contributed by atoms with E-state index >= 15 is 0 Å². The molecule has 0 fully saturated rings. The molecule has 0 aromatic heterocycles. The van der Waals surface area contributed by atoms with Gasteiger partial charge >= 0.3 is 0 Å². The van der Waals surface area contributed by atoms with Crippen LogP contribution < -0.4 is 20.6 Å². The minimum Gasteiger partial charge on any atom is -0.871 e. The molecule has 0 unspecified atom stereocenters. The first-order valence-electron chi connectivity index (χ1n) is 12.3. The van der Waals surface area contributed by atoms with Crippen LogP contribution in [-0.2, 0) is 14.4 Å². The number of allylic oxidation sites excluding steroid dienone is 5. The van der Waals surface area contributed by atoms with Gasteiger partial charge in [0.2, 0.25) is 17.5 Å². The standard InChI is InChI=1S/C28H34N4O4/c1-7-31(8-2)19-11-13-21(23(15-19)29-17(5)33)25-27(35)26(28(25)36)22-14-12-20(32(9-3)10-4)16-24(22)30-18(6)34/h11-16H,7-10H2,1-6H3,(H2,29,30,33,34,35,36). The number of hydrogen-bond donors (Lipinski definition) is 2. The second-order valence-electron chi connectivity index (χ2n) is 8.57. The maximum absolute atomic E-state index is 13.4.